The third-order valence-corrected chi connectivity index (χ3v) is 3.94. The first-order valence-corrected chi connectivity index (χ1v) is 8.33. The van der Waals surface area contributed by atoms with Crippen molar-refractivity contribution in [3.63, 3.8) is 0 Å². The first-order chi connectivity index (χ1) is 10.9. The molecule has 126 valence electrons. The summed E-state index contributed by atoms with van der Waals surface area (Å²) in [7, 11) is 0. The molecule has 0 radical (unpaired) electrons. The monoisotopic (exact) mass is 316 g/mol. The van der Waals surface area contributed by atoms with E-state index in [4.69, 9.17) is 4.74 Å². The Morgan fingerprint density at radius 2 is 2.13 bits per heavy atom. The van der Waals surface area contributed by atoms with E-state index in [1.807, 2.05) is 62.1 Å². The van der Waals surface area contributed by atoms with Crippen molar-refractivity contribution in [2.75, 3.05) is 11.9 Å². The molecule has 1 aliphatic heterocycles. The van der Waals surface area contributed by atoms with Crippen LogP contribution in [0.1, 0.15) is 40.0 Å². The Hall–Kier alpha value is -1.97. The summed E-state index contributed by atoms with van der Waals surface area (Å²) in [6, 6.07) is 10.4. The Balaban J connectivity index is 2.10. The third-order valence-electron chi connectivity index (χ3n) is 3.94. The molecule has 1 aromatic carbocycles. The molecule has 4 nitrogen and oxygen atoms in total. The second-order valence-electron chi connectivity index (χ2n) is 7.02. The molecule has 1 unspecified atom stereocenters. The molecule has 4 heteroatoms. The van der Waals surface area contributed by atoms with Gasteiger partial charge in [0.05, 0.1) is 12.1 Å². The zero-order chi connectivity index (χ0) is 16.9. The largest absolute Gasteiger partial charge is 0.444 e. The van der Waals surface area contributed by atoms with Gasteiger partial charge in [0.2, 0.25) is 0 Å². The fraction of sp³-hybridized carbons (Fsp3) is 0.526. The van der Waals surface area contributed by atoms with Gasteiger partial charge in [-0.1, -0.05) is 24.3 Å². The van der Waals surface area contributed by atoms with Crippen molar-refractivity contribution in [2.24, 2.45) is 0 Å². The van der Waals surface area contributed by atoms with Crippen LogP contribution >= 0.6 is 0 Å². The highest BCUT2D eigenvalue weighted by Crippen LogP contribution is 2.26. The molecule has 1 aromatic rings. The standard InChI is InChI=1S/C19H28N2O2/c1-5-10-16(20-15-11-7-6-8-12-15)17-13-9-14-21(17)18(22)23-19(2,3)4/h5-8,11-12,16-17,20H,1,9-10,13-14H2,2-4H3/t16?,17-/m0/s1. The summed E-state index contributed by atoms with van der Waals surface area (Å²) < 4.78 is 5.56. The van der Waals surface area contributed by atoms with Crippen molar-refractivity contribution < 1.29 is 9.53 Å². The number of benzene rings is 1. The predicted molar refractivity (Wildman–Crippen MR) is 94.6 cm³/mol. The van der Waals surface area contributed by atoms with E-state index < -0.39 is 5.60 Å². The summed E-state index contributed by atoms with van der Waals surface area (Å²) in [4.78, 5) is 14.4. The minimum Gasteiger partial charge on any atom is -0.444 e. The molecule has 0 saturated carbocycles. The maximum absolute atomic E-state index is 12.5. The Morgan fingerprint density at radius 1 is 1.43 bits per heavy atom. The first-order valence-electron chi connectivity index (χ1n) is 8.33. The van der Waals surface area contributed by atoms with Gasteiger partial charge in [-0.15, -0.1) is 6.58 Å². The van der Waals surface area contributed by atoms with Gasteiger partial charge in [-0.3, -0.25) is 0 Å². The molecule has 2 rings (SSSR count). The van der Waals surface area contributed by atoms with Crippen LogP contribution in [-0.2, 0) is 4.74 Å². The lowest BCUT2D eigenvalue weighted by Gasteiger charge is -2.33. The highest BCUT2D eigenvalue weighted by atomic mass is 16.6. The Morgan fingerprint density at radius 3 is 2.74 bits per heavy atom. The fourth-order valence-corrected chi connectivity index (χ4v) is 3.00. The Labute approximate surface area is 139 Å². The van der Waals surface area contributed by atoms with Gasteiger partial charge in [-0.05, 0) is 52.2 Å². The Bertz CT molecular complexity index is 522. The van der Waals surface area contributed by atoms with Gasteiger partial charge in [0.1, 0.15) is 5.60 Å². The molecule has 0 aliphatic carbocycles. The third kappa shape index (κ3) is 5.02. The van der Waals surface area contributed by atoms with Crippen molar-refractivity contribution in [1.29, 1.82) is 0 Å². The van der Waals surface area contributed by atoms with Gasteiger partial charge in [-0.25, -0.2) is 4.79 Å². The number of nitrogens with one attached hydrogen (secondary N) is 1. The van der Waals surface area contributed by atoms with E-state index in [-0.39, 0.29) is 18.2 Å². The summed E-state index contributed by atoms with van der Waals surface area (Å²) in [6.07, 6.45) is 4.49. The first kappa shape index (κ1) is 17.4. The van der Waals surface area contributed by atoms with Crippen LogP contribution in [0.5, 0.6) is 0 Å². The second kappa shape index (κ2) is 7.53. The zero-order valence-corrected chi connectivity index (χ0v) is 14.4. The van der Waals surface area contributed by atoms with E-state index in [1.165, 1.54) is 0 Å². The van der Waals surface area contributed by atoms with Crippen molar-refractivity contribution in [2.45, 2.75) is 57.7 Å². The summed E-state index contributed by atoms with van der Waals surface area (Å²) in [5, 5.41) is 3.55. The van der Waals surface area contributed by atoms with Crippen LogP contribution in [0.3, 0.4) is 0 Å². The summed E-state index contributed by atoms with van der Waals surface area (Å²) in [5.41, 5.74) is 0.598. The van der Waals surface area contributed by atoms with Gasteiger partial charge in [-0.2, -0.15) is 0 Å². The molecule has 0 spiro atoms. The lowest BCUT2D eigenvalue weighted by Crippen LogP contribution is -2.47. The lowest BCUT2D eigenvalue weighted by atomic mass is 10.0. The van der Waals surface area contributed by atoms with E-state index >= 15 is 0 Å². The van der Waals surface area contributed by atoms with Crippen LogP contribution < -0.4 is 5.32 Å². The van der Waals surface area contributed by atoms with Crippen molar-refractivity contribution in [1.82, 2.24) is 4.90 Å². The number of ether oxygens (including phenoxy) is 1. The van der Waals surface area contributed by atoms with E-state index in [1.54, 1.807) is 0 Å². The number of para-hydroxylation sites is 1. The maximum atomic E-state index is 12.5. The average molecular weight is 316 g/mol. The molecule has 0 aromatic heterocycles. The number of likely N-dealkylation sites (tertiary alicyclic amines) is 1. The number of amides is 1. The molecule has 1 saturated heterocycles. The van der Waals surface area contributed by atoms with Crippen LogP contribution in [0.4, 0.5) is 10.5 Å². The summed E-state index contributed by atoms with van der Waals surface area (Å²) >= 11 is 0. The molecule has 23 heavy (non-hydrogen) atoms. The van der Waals surface area contributed by atoms with Crippen molar-refractivity contribution >= 4 is 11.8 Å². The van der Waals surface area contributed by atoms with E-state index in [0.717, 1.165) is 31.5 Å². The van der Waals surface area contributed by atoms with Crippen molar-refractivity contribution in [3.8, 4) is 0 Å². The highest BCUT2D eigenvalue weighted by Gasteiger charge is 2.36. The number of carbonyl (C=O) groups is 1. The normalized spacial score (nSPS) is 19.3. The number of carbonyl (C=O) groups excluding carboxylic acids is 1. The Kier molecular flexibility index (Phi) is 5.69. The minimum absolute atomic E-state index is 0.128. The number of hydrogen-bond acceptors (Lipinski definition) is 3. The maximum Gasteiger partial charge on any atom is 0.410 e. The van der Waals surface area contributed by atoms with Gasteiger partial charge in [0.15, 0.2) is 0 Å². The van der Waals surface area contributed by atoms with E-state index in [0.29, 0.717) is 0 Å². The topological polar surface area (TPSA) is 41.6 Å². The van der Waals surface area contributed by atoms with Crippen LogP contribution in [-0.4, -0.2) is 35.2 Å². The average Bonchev–Trinajstić information content (AvgIpc) is 2.95. The molecular formula is C19H28N2O2. The van der Waals surface area contributed by atoms with Gasteiger partial charge < -0.3 is 15.0 Å². The molecule has 1 fully saturated rings. The number of nitrogens with zero attached hydrogens (tertiary/aromatic N) is 1. The van der Waals surface area contributed by atoms with Gasteiger partial charge >= 0.3 is 6.09 Å². The summed E-state index contributed by atoms with van der Waals surface area (Å²) in [5.74, 6) is 0. The summed E-state index contributed by atoms with van der Waals surface area (Å²) in [6.45, 7) is 10.3. The quantitative estimate of drug-likeness (QED) is 0.816. The highest BCUT2D eigenvalue weighted by molar-refractivity contribution is 5.69. The van der Waals surface area contributed by atoms with Crippen LogP contribution in [0.2, 0.25) is 0 Å². The van der Waals surface area contributed by atoms with Crippen molar-refractivity contribution in [3.05, 3.63) is 43.0 Å². The van der Waals surface area contributed by atoms with Gasteiger partial charge in [0.25, 0.3) is 0 Å². The number of rotatable bonds is 5. The van der Waals surface area contributed by atoms with E-state index in [9.17, 15) is 4.79 Å². The van der Waals surface area contributed by atoms with Crippen LogP contribution in [0.15, 0.2) is 43.0 Å². The number of hydrogen-bond donors (Lipinski definition) is 1. The zero-order valence-electron chi connectivity index (χ0n) is 14.4. The molecule has 2 atom stereocenters. The molecule has 1 heterocycles. The van der Waals surface area contributed by atoms with Crippen LogP contribution in [0, 0.1) is 0 Å². The lowest BCUT2D eigenvalue weighted by molar-refractivity contribution is 0.0212. The SMILES string of the molecule is C=CCC(Nc1ccccc1)[C@@H]1CCCN1C(=O)OC(C)(C)C. The number of anilines is 1. The molecular weight excluding hydrogens is 288 g/mol. The smallest absolute Gasteiger partial charge is 0.410 e. The molecule has 0 bridgehead atoms. The van der Waals surface area contributed by atoms with E-state index in [2.05, 4.69) is 11.9 Å². The molecule has 1 N–H and O–H groups in total. The molecule has 1 amide bonds. The van der Waals surface area contributed by atoms with Crippen LogP contribution in [0.25, 0.3) is 0 Å². The molecule has 1 aliphatic rings. The minimum atomic E-state index is -0.467. The predicted octanol–water partition coefficient (Wildman–Crippen LogP) is 4.44. The van der Waals surface area contributed by atoms with Gasteiger partial charge in [0, 0.05) is 12.2 Å². The second-order valence-corrected chi connectivity index (χ2v) is 7.02. The fourth-order valence-electron chi connectivity index (χ4n) is 3.00.